The van der Waals surface area contributed by atoms with Gasteiger partial charge < -0.3 is 19.5 Å². The zero-order valence-corrected chi connectivity index (χ0v) is 18.6. The molecule has 0 heterocycles. The maximum atomic E-state index is 11.7. The van der Waals surface area contributed by atoms with Gasteiger partial charge in [0.2, 0.25) is 0 Å². The number of hydrogen-bond acceptors (Lipinski definition) is 6. The quantitative estimate of drug-likeness (QED) is 0.242. The van der Waals surface area contributed by atoms with Gasteiger partial charge in [-0.1, -0.05) is 35.3 Å². The Balaban J connectivity index is 2.04. The third kappa shape index (κ3) is 8.09. The van der Waals surface area contributed by atoms with Crippen molar-refractivity contribution in [2.45, 2.75) is 13.5 Å². The molecule has 10 heteroatoms. The fourth-order valence-electron chi connectivity index (χ4n) is 2.36. The van der Waals surface area contributed by atoms with Crippen LogP contribution >= 0.6 is 23.2 Å². The van der Waals surface area contributed by atoms with Crippen LogP contribution in [0.15, 0.2) is 41.5 Å². The van der Waals surface area contributed by atoms with Crippen LogP contribution in [0.25, 0.3) is 0 Å². The lowest BCUT2D eigenvalue weighted by Crippen LogP contribution is -2.39. The molecule has 0 unspecified atom stereocenters. The predicted molar refractivity (Wildman–Crippen MR) is 119 cm³/mol. The number of amides is 2. The smallest absolute Gasteiger partial charge is 0.329 e. The Kier molecular flexibility index (Phi) is 10.1. The van der Waals surface area contributed by atoms with Crippen molar-refractivity contribution in [3.8, 4) is 11.5 Å². The summed E-state index contributed by atoms with van der Waals surface area (Å²) in [5.41, 5.74) is 3.61. The molecule has 8 nitrogen and oxygen atoms in total. The fraction of sp³-hybridized carbons (Fsp3) is 0.286. The number of methoxy groups -OCH3 is 1. The Labute approximate surface area is 190 Å². The second-order valence-electron chi connectivity index (χ2n) is 6.13. The van der Waals surface area contributed by atoms with Crippen LogP contribution in [-0.4, -0.2) is 44.9 Å². The van der Waals surface area contributed by atoms with Gasteiger partial charge in [0, 0.05) is 18.7 Å². The fourth-order valence-corrected chi connectivity index (χ4v) is 2.76. The minimum atomic E-state index is -0.897. The monoisotopic (exact) mass is 467 g/mol. The summed E-state index contributed by atoms with van der Waals surface area (Å²) in [7, 11) is 1.49. The standard InChI is InChI=1S/C21H23Cl2N3O5/c1-3-30-18-11-15(12-25-26-21(28)20(27)24-8-9-29-2)10-17(23)19(18)31-13-14-4-6-16(22)7-5-14/h4-7,10-12H,3,8-9,13H2,1-2H3,(H,24,27)(H,26,28)/b25-12-. The van der Waals surface area contributed by atoms with Crippen LogP contribution in [0.3, 0.4) is 0 Å². The maximum absolute atomic E-state index is 11.7. The Morgan fingerprint density at radius 3 is 2.52 bits per heavy atom. The van der Waals surface area contributed by atoms with E-state index >= 15 is 0 Å². The average molecular weight is 468 g/mol. The summed E-state index contributed by atoms with van der Waals surface area (Å²) in [5.74, 6) is -0.897. The number of halogens is 2. The van der Waals surface area contributed by atoms with E-state index in [-0.39, 0.29) is 13.2 Å². The molecule has 0 spiro atoms. The van der Waals surface area contributed by atoms with Gasteiger partial charge in [-0.05, 0) is 42.3 Å². The number of nitrogens with zero attached hydrogens (tertiary/aromatic N) is 1. The summed E-state index contributed by atoms with van der Waals surface area (Å²) in [5, 5.41) is 7.12. The molecular weight excluding hydrogens is 445 g/mol. The minimum Gasteiger partial charge on any atom is -0.490 e. The lowest BCUT2D eigenvalue weighted by atomic mass is 10.2. The largest absolute Gasteiger partial charge is 0.490 e. The van der Waals surface area contributed by atoms with Gasteiger partial charge in [0.05, 0.1) is 24.5 Å². The number of nitrogens with one attached hydrogen (secondary N) is 2. The number of hydrogen-bond donors (Lipinski definition) is 2. The lowest BCUT2D eigenvalue weighted by molar-refractivity contribution is -0.139. The van der Waals surface area contributed by atoms with Gasteiger partial charge in [-0.3, -0.25) is 9.59 Å². The Morgan fingerprint density at radius 2 is 1.84 bits per heavy atom. The van der Waals surface area contributed by atoms with E-state index in [1.165, 1.54) is 13.3 Å². The molecule has 0 aliphatic carbocycles. The first-order valence-corrected chi connectivity index (χ1v) is 10.1. The summed E-state index contributed by atoms with van der Waals surface area (Å²) >= 11 is 12.3. The highest BCUT2D eigenvalue weighted by Gasteiger charge is 2.14. The molecule has 0 aliphatic heterocycles. The van der Waals surface area contributed by atoms with Gasteiger partial charge in [-0.15, -0.1) is 0 Å². The second kappa shape index (κ2) is 12.8. The summed E-state index contributed by atoms with van der Waals surface area (Å²) in [6.45, 7) is 3.02. The summed E-state index contributed by atoms with van der Waals surface area (Å²) in [4.78, 5) is 23.3. The first-order valence-electron chi connectivity index (χ1n) is 9.38. The molecule has 2 aromatic carbocycles. The minimum absolute atomic E-state index is 0.220. The van der Waals surface area contributed by atoms with Crippen LogP contribution in [-0.2, 0) is 20.9 Å². The van der Waals surface area contributed by atoms with E-state index in [1.807, 2.05) is 19.1 Å². The van der Waals surface area contributed by atoms with Crippen LogP contribution in [0.2, 0.25) is 10.0 Å². The van der Waals surface area contributed by atoms with Crippen molar-refractivity contribution < 1.29 is 23.8 Å². The molecule has 0 atom stereocenters. The molecule has 0 fully saturated rings. The highest BCUT2D eigenvalue weighted by molar-refractivity contribution is 6.35. The SMILES string of the molecule is CCOc1cc(/C=N\NC(=O)C(=O)NCCOC)cc(Cl)c1OCc1ccc(Cl)cc1. The van der Waals surface area contributed by atoms with Crippen LogP contribution in [0.1, 0.15) is 18.1 Å². The van der Waals surface area contributed by atoms with Gasteiger partial charge in [-0.25, -0.2) is 5.43 Å². The molecule has 166 valence electrons. The number of carbonyl (C=O) groups excluding carboxylic acids is 2. The van der Waals surface area contributed by atoms with Crippen molar-refractivity contribution in [3.63, 3.8) is 0 Å². The van der Waals surface area contributed by atoms with Gasteiger partial charge in [0.15, 0.2) is 11.5 Å². The van der Waals surface area contributed by atoms with Crippen LogP contribution in [0.4, 0.5) is 0 Å². The number of ether oxygens (including phenoxy) is 3. The first-order chi connectivity index (χ1) is 14.9. The number of rotatable bonds is 10. The van der Waals surface area contributed by atoms with Crippen LogP contribution in [0, 0.1) is 0 Å². The van der Waals surface area contributed by atoms with Gasteiger partial charge in [0.1, 0.15) is 6.61 Å². The van der Waals surface area contributed by atoms with E-state index in [2.05, 4.69) is 15.8 Å². The average Bonchev–Trinajstić information content (AvgIpc) is 2.74. The Hall–Kier alpha value is -2.81. The highest BCUT2D eigenvalue weighted by Crippen LogP contribution is 2.37. The number of carbonyl (C=O) groups is 2. The van der Waals surface area contributed by atoms with E-state index in [0.717, 1.165) is 5.56 Å². The Bertz CT molecular complexity index is 920. The number of hydrazone groups is 1. The lowest BCUT2D eigenvalue weighted by Gasteiger charge is -2.14. The molecule has 0 aromatic heterocycles. The van der Waals surface area contributed by atoms with E-state index in [1.54, 1.807) is 24.3 Å². The first kappa shape index (κ1) is 24.5. The zero-order valence-electron chi connectivity index (χ0n) is 17.1. The second-order valence-corrected chi connectivity index (χ2v) is 6.97. The molecule has 0 bridgehead atoms. The maximum Gasteiger partial charge on any atom is 0.329 e. The Morgan fingerprint density at radius 1 is 1.10 bits per heavy atom. The molecule has 2 rings (SSSR count). The summed E-state index contributed by atoms with van der Waals surface area (Å²) in [6, 6.07) is 10.5. The number of benzene rings is 2. The molecule has 0 radical (unpaired) electrons. The summed E-state index contributed by atoms with van der Waals surface area (Å²) in [6.07, 6.45) is 1.34. The molecule has 0 saturated heterocycles. The van der Waals surface area contributed by atoms with Crippen molar-refractivity contribution in [1.29, 1.82) is 0 Å². The normalized spacial score (nSPS) is 10.7. The van der Waals surface area contributed by atoms with Crippen LogP contribution < -0.4 is 20.2 Å². The third-order valence-corrected chi connectivity index (χ3v) is 4.34. The topological polar surface area (TPSA) is 98.2 Å². The van der Waals surface area contributed by atoms with Gasteiger partial charge in [-0.2, -0.15) is 5.10 Å². The molecule has 2 aromatic rings. The van der Waals surface area contributed by atoms with E-state index in [9.17, 15) is 9.59 Å². The third-order valence-electron chi connectivity index (χ3n) is 3.81. The van der Waals surface area contributed by atoms with E-state index < -0.39 is 11.8 Å². The van der Waals surface area contributed by atoms with Crippen molar-refractivity contribution in [2.24, 2.45) is 5.10 Å². The van der Waals surface area contributed by atoms with Crippen molar-refractivity contribution in [1.82, 2.24) is 10.7 Å². The molecule has 0 saturated carbocycles. The summed E-state index contributed by atoms with van der Waals surface area (Å²) < 4.78 is 16.3. The molecule has 2 N–H and O–H groups in total. The predicted octanol–water partition coefficient (Wildman–Crippen LogP) is 3.18. The van der Waals surface area contributed by atoms with Gasteiger partial charge >= 0.3 is 11.8 Å². The van der Waals surface area contributed by atoms with Crippen molar-refractivity contribution in [3.05, 3.63) is 57.6 Å². The van der Waals surface area contributed by atoms with E-state index in [0.29, 0.717) is 40.3 Å². The molecular formula is C21H23Cl2N3O5. The molecule has 2 amide bonds. The highest BCUT2D eigenvalue weighted by atomic mass is 35.5. The molecule has 31 heavy (non-hydrogen) atoms. The van der Waals surface area contributed by atoms with Crippen molar-refractivity contribution in [2.75, 3.05) is 26.9 Å². The van der Waals surface area contributed by atoms with Crippen LogP contribution in [0.5, 0.6) is 11.5 Å². The molecule has 0 aliphatic rings. The zero-order chi connectivity index (χ0) is 22.6. The van der Waals surface area contributed by atoms with Gasteiger partial charge in [0.25, 0.3) is 0 Å². The van der Waals surface area contributed by atoms with Crippen molar-refractivity contribution >= 4 is 41.2 Å². The van der Waals surface area contributed by atoms with E-state index in [4.69, 9.17) is 37.4 Å².